The highest BCUT2D eigenvalue weighted by molar-refractivity contribution is 7.90. The Bertz CT molecular complexity index is 583. The van der Waals surface area contributed by atoms with Crippen LogP contribution in [0, 0.1) is 0 Å². The van der Waals surface area contributed by atoms with Crippen molar-refractivity contribution in [3.63, 3.8) is 0 Å². The summed E-state index contributed by atoms with van der Waals surface area (Å²) in [7, 11) is -1.50. The van der Waals surface area contributed by atoms with Gasteiger partial charge in [0.1, 0.15) is 5.75 Å². The van der Waals surface area contributed by atoms with Crippen molar-refractivity contribution >= 4 is 15.7 Å². The first kappa shape index (κ1) is 17.5. The fraction of sp³-hybridized carbons (Fsp3) is 0.500. The minimum absolute atomic E-state index is 0.256. The predicted molar refractivity (Wildman–Crippen MR) is 80.9 cm³/mol. The zero-order valence-corrected chi connectivity index (χ0v) is 13.4. The van der Waals surface area contributed by atoms with Crippen molar-refractivity contribution in [1.82, 2.24) is 5.32 Å². The van der Waals surface area contributed by atoms with Crippen molar-refractivity contribution in [2.45, 2.75) is 30.2 Å². The molecule has 1 aromatic carbocycles. The Morgan fingerprint density at radius 2 is 1.90 bits per heavy atom. The maximum absolute atomic E-state index is 11.3. The Balaban J connectivity index is 2.48. The molecule has 21 heavy (non-hydrogen) atoms. The second-order valence-electron chi connectivity index (χ2n) is 5.14. The lowest BCUT2D eigenvalue weighted by Gasteiger charge is -2.25. The van der Waals surface area contributed by atoms with Crippen molar-refractivity contribution in [2.75, 3.05) is 19.9 Å². The lowest BCUT2D eigenvalue weighted by Crippen LogP contribution is -2.51. The first-order chi connectivity index (χ1) is 9.69. The lowest BCUT2D eigenvalue weighted by molar-refractivity contribution is -0.123. The Kier molecular flexibility index (Phi) is 5.74. The summed E-state index contributed by atoms with van der Waals surface area (Å²) in [6.07, 6.45) is 2.36. The first-order valence-electron chi connectivity index (χ1n) is 6.61. The highest BCUT2D eigenvalue weighted by Crippen LogP contribution is 2.17. The van der Waals surface area contributed by atoms with E-state index >= 15 is 0 Å². The molecule has 1 amide bonds. The number of carbonyl (C=O) groups is 1. The van der Waals surface area contributed by atoms with Crippen molar-refractivity contribution in [3.05, 3.63) is 24.3 Å². The highest BCUT2D eigenvalue weighted by atomic mass is 32.2. The number of ether oxygens (including phenoxy) is 1. The van der Waals surface area contributed by atoms with Crippen LogP contribution in [-0.4, -0.2) is 39.8 Å². The largest absolute Gasteiger partial charge is 0.494 e. The standard InChI is InChI=1S/C14H22N2O4S/c1-14(16-2,13(15)17)9-4-10-20-11-5-7-12(8-6-11)21(3,18)19/h5-8,16H,4,9-10H2,1-3H3,(H2,15,17). The second kappa shape index (κ2) is 6.91. The summed E-state index contributed by atoms with van der Waals surface area (Å²) >= 11 is 0. The monoisotopic (exact) mass is 314 g/mol. The normalized spacial score (nSPS) is 14.4. The van der Waals surface area contributed by atoms with Crippen LogP contribution in [0.25, 0.3) is 0 Å². The molecule has 0 aliphatic rings. The first-order valence-corrected chi connectivity index (χ1v) is 8.50. The van der Waals surface area contributed by atoms with Crippen LogP contribution in [-0.2, 0) is 14.6 Å². The summed E-state index contributed by atoms with van der Waals surface area (Å²) in [5, 5.41) is 2.90. The van der Waals surface area contributed by atoms with E-state index in [1.54, 1.807) is 26.1 Å². The smallest absolute Gasteiger partial charge is 0.237 e. The van der Waals surface area contributed by atoms with E-state index in [0.29, 0.717) is 25.2 Å². The van der Waals surface area contributed by atoms with Gasteiger partial charge in [-0.05, 0) is 51.1 Å². The van der Waals surface area contributed by atoms with Crippen LogP contribution in [0.3, 0.4) is 0 Å². The number of likely N-dealkylation sites (N-methyl/N-ethyl adjacent to an activating group) is 1. The fourth-order valence-electron chi connectivity index (χ4n) is 1.77. The van der Waals surface area contributed by atoms with Gasteiger partial charge in [-0.15, -0.1) is 0 Å². The van der Waals surface area contributed by atoms with E-state index in [9.17, 15) is 13.2 Å². The van der Waals surface area contributed by atoms with Crippen LogP contribution in [0.5, 0.6) is 5.75 Å². The molecular formula is C14H22N2O4S. The van der Waals surface area contributed by atoms with Crippen LogP contribution >= 0.6 is 0 Å². The third kappa shape index (κ3) is 5.02. The average molecular weight is 314 g/mol. The van der Waals surface area contributed by atoms with Gasteiger partial charge < -0.3 is 15.8 Å². The molecule has 0 aliphatic carbocycles. The number of nitrogens with one attached hydrogen (secondary N) is 1. The average Bonchev–Trinajstić information content (AvgIpc) is 2.42. The number of carbonyl (C=O) groups excluding carboxylic acids is 1. The quantitative estimate of drug-likeness (QED) is 0.689. The maximum Gasteiger partial charge on any atom is 0.237 e. The van der Waals surface area contributed by atoms with E-state index in [1.807, 2.05) is 0 Å². The Morgan fingerprint density at radius 3 is 2.33 bits per heavy atom. The summed E-state index contributed by atoms with van der Waals surface area (Å²) < 4.78 is 28.2. The van der Waals surface area contributed by atoms with Gasteiger partial charge in [0.05, 0.1) is 17.0 Å². The lowest BCUT2D eigenvalue weighted by atomic mass is 9.95. The van der Waals surface area contributed by atoms with Crippen molar-refractivity contribution in [2.24, 2.45) is 5.73 Å². The third-order valence-electron chi connectivity index (χ3n) is 3.44. The number of amides is 1. The van der Waals surface area contributed by atoms with Crippen LogP contribution in [0.1, 0.15) is 19.8 Å². The summed E-state index contributed by atoms with van der Waals surface area (Å²) in [4.78, 5) is 11.6. The molecule has 0 bridgehead atoms. The Morgan fingerprint density at radius 1 is 1.33 bits per heavy atom. The molecule has 0 aromatic heterocycles. The van der Waals surface area contributed by atoms with E-state index in [2.05, 4.69) is 5.32 Å². The Hall–Kier alpha value is -1.60. The van der Waals surface area contributed by atoms with Crippen LogP contribution < -0.4 is 15.8 Å². The number of nitrogens with two attached hydrogens (primary N) is 1. The number of hydrogen-bond donors (Lipinski definition) is 2. The second-order valence-corrected chi connectivity index (χ2v) is 7.16. The van der Waals surface area contributed by atoms with Gasteiger partial charge in [-0.3, -0.25) is 4.79 Å². The number of hydrogen-bond acceptors (Lipinski definition) is 5. The molecule has 118 valence electrons. The minimum atomic E-state index is -3.19. The Labute approximate surface area is 125 Å². The predicted octanol–water partition coefficient (Wildman–Crippen LogP) is 0.713. The van der Waals surface area contributed by atoms with E-state index in [4.69, 9.17) is 10.5 Å². The molecule has 0 fully saturated rings. The molecule has 1 unspecified atom stereocenters. The molecule has 7 heteroatoms. The number of rotatable bonds is 8. The van der Waals surface area contributed by atoms with Crippen molar-refractivity contribution < 1.29 is 17.9 Å². The number of benzene rings is 1. The topological polar surface area (TPSA) is 98.5 Å². The van der Waals surface area contributed by atoms with Crippen LogP contribution in [0.15, 0.2) is 29.2 Å². The fourth-order valence-corrected chi connectivity index (χ4v) is 2.40. The molecular weight excluding hydrogens is 292 g/mol. The van der Waals surface area contributed by atoms with Gasteiger partial charge >= 0.3 is 0 Å². The zero-order valence-electron chi connectivity index (χ0n) is 12.5. The summed E-state index contributed by atoms with van der Waals surface area (Å²) in [6, 6.07) is 6.24. The summed E-state index contributed by atoms with van der Waals surface area (Å²) in [5.74, 6) is 0.190. The number of sulfone groups is 1. The maximum atomic E-state index is 11.3. The van der Waals surface area contributed by atoms with Crippen LogP contribution in [0.4, 0.5) is 0 Å². The zero-order chi connectivity index (χ0) is 16.1. The minimum Gasteiger partial charge on any atom is -0.494 e. The molecule has 0 saturated carbocycles. The SMILES string of the molecule is CNC(C)(CCCOc1ccc(S(C)(=O)=O)cc1)C(N)=O. The van der Waals surface area contributed by atoms with Gasteiger partial charge in [-0.25, -0.2) is 8.42 Å². The van der Waals surface area contributed by atoms with Crippen molar-refractivity contribution in [3.8, 4) is 5.75 Å². The molecule has 0 radical (unpaired) electrons. The van der Waals surface area contributed by atoms with Gasteiger partial charge in [0, 0.05) is 6.26 Å². The molecule has 1 aromatic rings. The van der Waals surface area contributed by atoms with E-state index in [-0.39, 0.29) is 4.90 Å². The van der Waals surface area contributed by atoms with Gasteiger partial charge in [0.15, 0.2) is 9.84 Å². The number of primary amides is 1. The highest BCUT2D eigenvalue weighted by Gasteiger charge is 2.28. The molecule has 1 atom stereocenters. The van der Waals surface area contributed by atoms with E-state index < -0.39 is 21.3 Å². The molecule has 3 N–H and O–H groups in total. The van der Waals surface area contributed by atoms with Gasteiger partial charge in [0.2, 0.25) is 5.91 Å². The molecule has 0 spiro atoms. The summed E-state index contributed by atoms with van der Waals surface area (Å²) in [5.41, 5.74) is 4.59. The van der Waals surface area contributed by atoms with Gasteiger partial charge in [0.25, 0.3) is 0 Å². The summed E-state index contributed by atoms with van der Waals surface area (Å²) in [6.45, 7) is 2.17. The molecule has 1 rings (SSSR count). The molecule has 0 heterocycles. The van der Waals surface area contributed by atoms with Crippen molar-refractivity contribution in [1.29, 1.82) is 0 Å². The van der Waals surface area contributed by atoms with Gasteiger partial charge in [-0.1, -0.05) is 0 Å². The van der Waals surface area contributed by atoms with Crippen LogP contribution in [0.2, 0.25) is 0 Å². The van der Waals surface area contributed by atoms with E-state index in [0.717, 1.165) is 6.26 Å². The third-order valence-corrected chi connectivity index (χ3v) is 4.57. The molecule has 0 saturated heterocycles. The molecule has 0 aliphatic heterocycles. The van der Waals surface area contributed by atoms with Gasteiger partial charge in [-0.2, -0.15) is 0 Å². The molecule has 6 nitrogen and oxygen atoms in total. The van der Waals surface area contributed by atoms with E-state index in [1.165, 1.54) is 12.1 Å².